The van der Waals surface area contributed by atoms with Crippen LogP contribution in [0.4, 0.5) is 0 Å². The van der Waals surface area contributed by atoms with Crippen molar-refractivity contribution in [3.63, 3.8) is 0 Å². The summed E-state index contributed by atoms with van der Waals surface area (Å²) in [6.45, 7) is 4.45. The highest BCUT2D eigenvalue weighted by molar-refractivity contribution is 5.79. The quantitative estimate of drug-likeness (QED) is 0.578. The van der Waals surface area contributed by atoms with Crippen LogP contribution in [0.3, 0.4) is 0 Å². The van der Waals surface area contributed by atoms with Crippen LogP contribution < -0.4 is 18.9 Å². The summed E-state index contributed by atoms with van der Waals surface area (Å²) in [6, 6.07) is 7.50. The number of hydrogen-bond acceptors (Lipinski definition) is 7. The number of cyclic esters (lactones) is 1. The lowest BCUT2D eigenvalue weighted by Gasteiger charge is -2.39. The number of ether oxygens (including phenoxy) is 5. The van der Waals surface area contributed by atoms with Gasteiger partial charge in [0.2, 0.25) is 12.5 Å². The van der Waals surface area contributed by atoms with E-state index in [0.717, 1.165) is 23.1 Å². The first kappa shape index (κ1) is 19.6. The Kier molecular flexibility index (Phi) is 4.68. The van der Waals surface area contributed by atoms with Crippen LogP contribution >= 0.6 is 0 Å². The Morgan fingerprint density at radius 1 is 1.06 bits per heavy atom. The zero-order valence-electron chi connectivity index (χ0n) is 17.4. The topological polar surface area (TPSA) is 83.5 Å². The van der Waals surface area contributed by atoms with Crippen LogP contribution in [-0.4, -0.2) is 38.7 Å². The van der Waals surface area contributed by atoms with Crippen LogP contribution in [0.2, 0.25) is 0 Å². The predicted molar refractivity (Wildman–Crippen MR) is 111 cm³/mol. The van der Waals surface area contributed by atoms with E-state index in [4.69, 9.17) is 23.7 Å². The lowest BCUT2D eigenvalue weighted by molar-refractivity contribution is -0.141. The van der Waals surface area contributed by atoms with Crippen molar-refractivity contribution < 1.29 is 33.6 Å². The van der Waals surface area contributed by atoms with Crippen LogP contribution in [-0.2, 0) is 9.53 Å². The second kappa shape index (κ2) is 7.41. The standard InChI is InChI=1S/C24H24O7/c1-4-5-13-14-8-17-18(31-11-30-17)9-15(14)21(22-16(13)10-29-24(22)26)12-6-19(27-2)23(25)20(7-12)28-3/h4,6-9,13,16,21-22,25H,1,5,10-11H2,2-3H3/t13-,16?,21-,22+/m1/s1. The normalized spacial score (nSPS) is 25.4. The Hall–Kier alpha value is -3.35. The fourth-order valence-electron chi connectivity index (χ4n) is 5.25. The van der Waals surface area contributed by atoms with Gasteiger partial charge in [0.25, 0.3) is 0 Å². The smallest absolute Gasteiger partial charge is 0.310 e. The van der Waals surface area contributed by atoms with Gasteiger partial charge in [-0.3, -0.25) is 4.79 Å². The van der Waals surface area contributed by atoms with E-state index in [0.29, 0.717) is 18.1 Å². The molecule has 0 radical (unpaired) electrons. The third-order valence-corrected chi connectivity index (χ3v) is 6.62. The maximum absolute atomic E-state index is 12.9. The summed E-state index contributed by atoms with van der Waals surface area (Å²) >= 11 is 0. The molecular formula is C24H24O7. The second-order valence-electron chi connectivity index (χ2n) is 8.04. The molecule has 2 aliphatic heterocycles. The molecule has 0 aromatic heterocycles. The van der Waals surface area contributed by atoms with Crippen LogP contribution in [0.1, 0.15) is 34.9 Å². The van der Waals surface area contributed by atoms with Gasteiger partial charge in [0.05, 0.1) is 26.7 Å². The van der Waals surface area contributed by atoms with Gasteiger partial charge in [-0.15, -0.1) is 6.58 Å². The molecule has 0 spiro atoms. The first-order chi connectivity index (χ1) is 15.1. The number of allylic oxidation sites excluding steroid dienone is 1. The molecule has 2 aromatic rings. The van der Waals surface area contributed by atoms with Crippen LogP contribution in [0.5, 0.6) is 28.7 Å². The molecule has 4 atom stereocenters. The molecule has 1 N–H and O–H groups in total. The molecule has 31 heavy (non-hydrogen) atoms. The molecule has 162 valence electrons. The highest BCUT2D eigenvalue weighted by atomic mass is 16.7. The van der Waals surface area contributed by atoms with Crippen LogP contribution in [0, 0.1) is 11.8 Å². The van der Waals surface area contributed by atoms with Gasteiger partial charge in [-0.1, -0.05) is 6.08 Å². The molecule has 1 unspecified atom stereocenters. The fraction of sp³-hybridized carbons (Fsp3) is 0.375. The number of methoxy groups -OCH3 is 2. The third-order valence-electron chi connectivity index (χ3n) is 6.62. The summed E-state index contributed by atoms with van der Waals surface area (Å²) in [5.74, 6) is 1.01. The summed E-state index contributed by atoms with van der Waals surface area (Å²) in [7, 11) is 2.97. The Morgan fingerprint density at radius 3 is 2.32 bits per heavy atom. The van der Waals surface area contributed by atoms with E-state index in [1.807, 2.05) is 18.2 Å². The van der Waals surface area contributed by atoms with Crippen LogP contribution in [0.15, 0.2) is 36.9 Å². The molecule has 2 heterocycles. The molecule has 1 fully saturated rings. The Morgan fingerprint density at radius 2 is 1.71 bits per heavy atom. The van der Waals surface area contributed by atoms with E-state index in [2.05, 4.69) is 6.58 Å². The maximum atomic E-state index is 12.9. The van der Waals surface area contributed by atoms with E-state index in [9.17, 15) is 9.90 Å². The number of carbonyl (C=O) groups excluding carboxylic acids is 1. The lowest BCUT2D eigenvalue weighted by Crippen LogP contribution is -2.34. The molecule has 1 saturated heterocycles. The molecule has 3 aliphatic rings. The van der Waals surface area contributed by atoms with Crippen molar-refractivity contribution in [2.75, 3.05) is 27.6 Å². The summed E-state index contributed by atoms with van der Waals surface area (Å²) in [5, 5.41) is 10.4. The minimum absolute atomic E-state index is 0.00540. The summed E-state index contributed by atoms with van der Waals surface area (Å²) in [6.07, 6.45) is 2.60. The first-order valence-corrected chi connectivity index (χ1v) is 10.2. The van der Waals surface area contributed by atoms with Crippen molar-refractivity contribution in [2.45, 2.75) is 18.3 Å². The van der Waals surface area contributed by atoms with Gasteiger partial charge in [0.15, 0.2) is 23.0 Å². The minimum Gasteiger partial charge on any atom is -0.502 e. The van der Waals surface area contributed by atoms with E-state index in [1.54, 1.807) is 12.1 Å². The van der Waals surface area contributed by atoms with Gasteiger partial charge in [0.1, 0.15) is 0 Å². The van der Waals surface area contributed by atoms with Crippen molar-refractivity contribution in [3.05, 3.63) is 53.6 Å². The number of esters is 1. The van der Waals surface area contributed by atoms with E-state index in [-0.39, 0.29) is 53.7 Å². The largest absolute Gasteiger partial charge is 0.502 e. The Bertz CT molecular complexity index is 1040. The Labute approximate surface area is 180 Å². The molecule has 0 amide bonds. The molecule has 0 bridgehead atoms. The van der Waals surface area contributed by atoms with Crippen molar-refractivity contribution in [1.82, 2.24) is 0 Å². The van der Waals surface area contributed by atoms with E-state index < -0.39 is 0 Å². The SMILES string of the molecule is C=CC[C@@H]1c2cc3c(cc2[C@@H](c2cc(OC)c(O)c(OC)c2)[C@H]2C(=O)OCC12)OCO3. The van der Waals surface area contributed by atoms with Gasteiger partial charge >= 0.3 is 5.97 Å². The minimum atomic E-state index is -0.378. The average molecular weight is 424 g/mol. The summed E-state index contributed by atoms with van der Waals surface area (Å²) in [5.41, 5.74) is 2.88. The number of benzene rings is 2. The third kappa shape index (κ3) is 2.91. The van der Waals surface area contributed by atoms with Crippen molar-refractivity contribution in [2.24, 2.45) is 11.8 Å². The van der Waals surface area contributed by atoms with Gasteiger partial charge in [-0.2, -0.15) is 0 Å². The highest BCUT2D eigenvalue weighted by Gasteiger charge is 2.52. The molecule has 2 aromatic carbocycles. The highest BCUT2D eigenvalue weighted by Crippen LogP contribution is 2.56. The lowest BCUT2D eigenvalue weighted by atomic mass is 9.62. The predicted octanol–water partition coefficient (Wildman–Crippen LogP) is 3.73. The molecule has 1 aliphatic carbocycles. The number of rotatable bonds is 5. The van der Waals surface area contributed by atoms with Gasteiger partial charge in [-0.25, -0.2) is 0 Å². The molecular weight excluding hydrogens is 400 g/mol. The van der Waals surface area contributed by atoms with Crippen LogP contribution in [0.25, 0.3) is 0 Å². The fourth-order valence-corrected chi connectivity index (χ4v) is 5.25. The molecule has 5 rings (SSSR count). The van der Waals surface area contributed by atoms with E-state index >= 15 is 0 Å². The summed E-state index contributed by atoms with van der Waals surface area (Å²) < 4.78 is 27.6. The number of phenols is 1. The van der Waals surface area contributed by atoms with Crippen molar-refractivity contribution >= 4 is 5.97 Å². The average Bonchev–Trinajstić information content (AvgIpc) is 3.39. The second-order valence-corrected chi connectivity index (χ2v) is 8.04. The number of hydrogen-bond donors (Lipinski definition) is 1. The van der Waals surface area contributed by atoms with Gasteiger partial charge < -0.3 is 28.8 Å². The number of phenolic OH excluding ortho intramolecular Hbond substituents is 1. The van der Waals surface area contributed by atoms with Gasteiger partial charge in [0, 0.05) is 11.8 Å². The molecule has 7 heteroatoms. The molecule has 7 nitrogen and oxygen atoms in total. The zero-order valence-corrected chi connectivity index (χ0v) is 17.4. The van der Waals surface area contributed by atoms with Crippen molar-refractivity contribution in [1.29, 1.82) is 0 Å². The Balaban J connectivity index is 1.75. The number of fused-ring (bicyclic) bond motifs is 3. The van der Waals surface area contributed by atoms with E-state index in [1.165, 1.54) is 14.2 Å². The summed E-state index contributed by atoms with van der Waals surface area (Å²) in [4.78, 5) is 12.9. The monoisotopic (exact) mass is 424 g/mol. The zero-order chi connectivity index (χ0) is 21.7. The van der Waals surface area contributed by atoms with Gasteiger partial charge in [-0.05, 0) is 53.3 Å². The number of carbonyl (C=O) groups is 1. The first-order valence-electron chi connectivity index (χ1n) is 10.2. The van der Waals surface area contributed by atoms with Crippen molar-refractivity contribution in [3.8, 4) is 28.7 Å². The number of aromatic hydroxyl groups is 1. The maximum Gasteiger partial charge on any atom is 0.310 e. The molecule has 0 saturated carbocycles.